The van der Waals surface area contributed by atoms with Gasteiger partial charge in [-0.1, -0.05) is 0 Å². The number of rotatable bonds is 3. The molecule has 0 saturated carbocycles. The van der Waals surface area contributed by atoms with Crippen LogP contribution < -0.4 is 10.0 Å². The molecule has 0 saturated heterocycles. The number of carbonyl (C=O) groups excluding carboxylic acids is 1. The number of nitrogens with one attached hydrogen (secondary N) is 3. The number of fused-ring (bicyclic) bond motifs is 2. The molecule has 2 aromatic heterocycles. The van der Waals surface area contributed by atoms with Crippen LogP contribution in [0.3, 0.4) is 0 Å². The Balaban J connectivity index is 1.82. The Morgan fingerprint density at radius 3 is 2.88 bits per heavy atom. The van der Waals surface area contributed by atoms with Gasteiger partial charge in [0.05, 0.1) is 11.8 Å². The van der Waals surface area contributed by atoms with Crippen LogP contribution in [0.2, 0.25) is 0 Å². The quantitative estimate of drug-likeness (QED) is 0.628. The molecule has 1 aromatic carbocycles. The molecule has 7 nitrogen and oxygen atoms in total. The molecule has 4 rings (SSSR count). The third-order valence-electron chi connectivity index (χ3n) is 3.89. The maximum atomic E-state index is 12.2. The zero-order valence-corrected chi connectivity index (χ0v) is 14.0. The van der Waals surface area contributed by atoms with Gasteiger partial charge < -0.3 is 10.3 Å². The van der Waals surface area contributed by atoms with Crippen molar-refractivity contribution in [3.05, 3.63) is 53.9 Å². The largest absolute Gasteiger partial charge is 0.361 e. The molecule has 1 amide bonds. The summed E-state index contributed by atoms with van der Waals surface area (Å²) < 4.78 is 25.3. The second-order valence-corrected chi connectivity index (χ2v) is 7.54. The van der Waals surface area contributed by atoms with Crippen molar-refractivity contribution in [1.29, 1.82) is 0 Å². The van der Waals surface area contributed by atoms with Gasteiger partial charge in [0.15, 0.2) is 0 Å². The van der Waals surface area contributed by atoms with E-state index in [2.05, 4.69) is 20.0 Å². The number of aromatic amines is 1. The number of hydrogen-bond donors (Lipinski definition) is 3. The monoisotopic (exact) mass is 354 g/mol. The van der Waals surface area contributed by atoms with Crippen LogP contribution in [0.5, 0.6) is 0 Å². The number of benzene rings is 1. The molecule has 3 aromatic rings. The van der Waals surface area contributed by atoms with Crippen LogP contribution in [-0.2, 0) is 14.8 Å². The van der Waals surface area contributed by atoms with E-state index in [4.69, 9.17) is 0 Å². The fourth-order valence-electron chi connectivity index (χ4n) is 2.86. The first-order valence-electron chi connectivity index (χ1n) is 7.48. The molecule has 1 aliphatic rings. The Morgan fingerprint density at radius 2 is 2.08 bits per heavy atom. The van der Waals surface area contributed by atoms with E-state index in [0.717, 1.165) is 28.3 Å². The highest BCUT2D eigenvalue weighted by Gasteiger charge is 2.25. The summed E-state index contributed by atoms with van der Waals surface area (Å²) in [4.78, 5) is 19.5. The van der Waals surface area contributed by atoms with Crippen molar-refractivity contribution in [1.82, 2.24) is 9.97 Å². The van der Waals surface area contributed by atoms with Crippen LogP contribution in [0.25, 0.3) is 22.6 Å². The number of carbonyl (C=O) groups is 1. The van der Waals surface area contributed by atoms with Gasteiger partial charge in [-0.25, -0.2) is 13.4 Å². The lowest BCUT2D eigenvalue weighted by Crippen LogP contribution is -2.09. The molecule has 1 aliphatic heterocycles. The van der Waals surface area contributed by atoms with Gasteiger partial charge >= 0.3 is 0 Å². The zero-order valence-electron chi connectivity index (χ0n) is 13.2. The van der Waals surface area contributed by atoms with E-state index in [-0.39, 0.29) is 5.91 Å². The van der Waals surface area contributed by atoms with Crippen molar-refractivity contribution < 1.29 is 13.2 Å². The summed E-state index contributed by atoms with van der Waals surface area (Å²) in [7, 11) is -3.36. The molecule has 0 bridgehead atoms. The number of nitrogens with zero attached hydrogens (tertiary/aromatic N) is 1. The number of H-pyrrole nitrogens is 1. The Hall–Kier alpha value is -3.13. The van der Waals surface area contributed by atoms with Crippen LogP contribution in [-0.4, -0.2) is 30.5 Å². The van der Waals surface area contributed by atoms with Crippen LogP contribution in [0.4, 0.5) is 11.5 Å². The summed E-state index contributed by atoms with van der Waals surface area (Å²) in [5, 5.41) is 3.54. The average molecular weight is 354 g/mol. The second kappa shape index (κ2) is 5.45. The molecule has 0 radical (unpaired) electrons. The fourth-order valence-corrected chi connectivity index (χ4v) is 3.41. The Labute approximate surface area is 143 Å². The highest BCUT2D eigenvalue weighted by molar-refractivity contribution is 7.92. The van der Waals surface area contributed by atoms with Crippen LogP contribution in [0.15, 0.2) is 42.7 Å². The van der Waals surface area contributed by atoms with Gasteiger partial charge in [0.25, 0.3) is 5.91 Å². The van der Waals surface area contributed by atoms with Crippen molar-refractivity contribution in [2.75, 3.05) is 16.3 Å². The van der Waals surface area contributed by atoms with Crippen LogP contribution in [0, 0.1) is 0 Å². The molecule has 8 heteroatoms. The summed E-state index contributed by atoms with van der Waals surface area (Å²) in [6.07, 6.45) is 6.27. The summed E-state index contributed by atoms with van der Waals surface area (Å²) in [6.45, 7) is 0. The molecule has 3 heterocycles. The van der Waals surface area contributed by atoms with E-state index in [1.807, 2.05) is 6.07 Å². The number of pyridine rings is 1. The molecule has 25 heavy (non-hydrogen) atoms. The topological polar surface area (TPSA) is 104 Å². The summed E-state index contributed by atoms with van der Waals surface area (Å²) in [5.41, 5.74) is 3.36. The third-order valence-corrected chi connectivity index (χ3v) is 4.50. The molecule has 3 N–H and O–H groups in total. The number of hydrogen-bond acceptors (Lipinski definition) is 4. The number of aromatic nitrogens is 2. The molecule has 0 fully saturated rings. The highest BCUT2D eigenvalue weighted by atomic mass is 32.2. The lowest BCUT2D eigenvalue weighted by atomic mass is 10.0. The fraction of sp³-hybridized carbons (Fsp3) is 0.0588. The maximum absolute atomic E-state index is 12.2. The maximum Gasteiger partial charge on any atom is 0.257 e. The van der Waals surface area contributed by atoms with Crippen molar-refractivity contribution in [3.8, 4) is 0 Å². The second-order valence-electron chi connectivity index (χ2n) is 5.79. The minimum absolute atomic E-state index is 0.214. The Kier molecular flexibility index (Phi) is 3.36. The molecule has 0 unspecified atom stereocenters. The molecular weight excluding hydrogens is 340 g/mol. The average Bonchev–Trinajstić information content (AvgIpc) is 3.08. The van der Waals surface area contributed by atoms with Gasteiger partial charge in [0, 0.05) is 40.1 Å². The molecule has 126 valence electrons. The Bertz CT molecular complexity index is 1150. The summed E-state index contributed by atoms with van der Waals surface area (Å²) >= 11 is 0. The number of sulfonamides is 1. The molecule has 0 atom stereocenters. The van der Waals surface area contributed by atoms with Gasteiger partial charge in [-0.05, 0) is 36.4 Å². The predicted octanol–water partition coefficient (Wildman–Crippen LogP) is 2.43. The summed E-state index contributed by atoms with van der Waals surface area (Å²) in [6, 6.07) is 8.80. The highest BCUT2D eigenvalue weighted by Crippen LogP contribution is 2.33. The van der Waals surface area contributed by atoms with Crippen molar-refractivity contribution in [3.63, 3.8) is 0 Å². The first-order valence-corrected chi connectivity index (χ1v) is 9.37. The smallest absolute Gasteiger partial charge is 0.257 e. The number of amides is 1. The van der Waals surface area contributed by atoms with Crippen molar-refractivity contribution in [2.45, 2.75) is 0 Å². The SMILES string of the molecule is CS(=O)(=O)Nc1ccc2[nH]cc(C=C3C(=O)Nc4ncccc43)c2c1. The van der Waals surface area contributed by atoms with E-state index in [0.29, 0.717) is 17.1 Å². The van der Waals surface area contributed by atoms with Gasteiger partial charge in [0.2, 0.25) is 10.0 Å². The zero-order chi connectivity index (χ0) is 17.6. The molecular formula is C17H14N4O3S. The normalized spacial score (nSPS) is 15.4. The van der Waals surface area contributed by atoms with E-state index >= 15 is 0 Å². The lowest BCUT2D eigenvalue weighted by Gasteiger charge is -2.04. The van der Waals surface area contributed by atoms with Gasteiger partial charge in [-0.3, -0.25) is 9.52 Å². The first kappa shape index (κ1) is 15.4. The minimum atomic E-state index is -3.36. The van der Waals surface area contributed by atoms with E-state index in [9.17, 15) is 13.2 Å². The number of anilines is 2. The lowest BCUT2D eigenvalue weighted by molar-refractivity contribution is -0.110. The summed E-state index contributed by atoms with van der Waals surface area (Å²) in [5.74, 6) is 0.325. The van der Waals surface area contributed by atoms with Gasteiger partial charge in [-0.15, -0.1) is 0 Å². The minimum Gasteiger partial charge on any atom is -0.361 e. The van der Waals surface area contributed by atoms with E-state index in [1.54, 1.807) is 42.7 Å². The van der Waals surface area contributed by atoms with E-state index < -0.39 is 10.0 Å². The van der Waals surface area contributed by atoms with Crippen molar-refractivity contribution >= 4 is 50.0 Å². The first-order chi connectivity index (χ1) is 11.9. The molecule has 0 spiro atoms. The Morgan fingerprint density at radius 1 is 1.24 bits per heavy atom. The standard InChI is InChI=1S/C17H14N4O3S/c1-25(23,24)21-11-4-5-15-13(8-11)10(9-19-15)7-14-12-3-2-6-18-16(12)20-17(14)22/h2-9,19,21H,1H3,(H,18,20,22). The van der Waals surface area contributed by atoms with Gasteiger partial charge in [0.1, 0.15) is 5.82 Å². The molecule has 0 aliphatic carbocycles. The predicted molar refractivity (Wildman–Crippen MR) is 97.5 cm³/mol. The van der Waals surface area contributed by atoms with Crippen LogP contribution in [0.1, 0.15) is 11.1 Å². The third kappa shape index (κ3) is 2.87. The van der Waals surface area contributed by atoms with E-state index in [1.165, 1.54) is 0 Å². The van der Waals surface area contributed by atoms with Crippen LogP contribution >= 0.6 is 0 Å². The van der Waals surface area contributed by atoms with Gasteiger partial charge in [-0.2, -0.15) is 0 Å². The van der Waals surface area contributed by atoms with Crippen molar-refractivity contribution in [2.24, 2.45) is 0 Å².